The molecule has 2 heterocycles. The Hall–Kier alpha value is -3.46. The fourth-order valence-electron chi connectivity index (χ4n) is 3.16. The van der Waals surface area contributed by atoms with Crippen LogP contribution in [0.3, 0.4) is 0 Å². The SMILES string of the molecule is CCOc1ccc(S(=O)(=O)c2ccc3c(=O)n(Cc4ccn(C)n4)ncc3c2)cc1. The molecule has 0 aliphatic carbocycles. The average Bonchev–Trinajstić information content (AvgIpc) is 3.15. The first-order chi connectivity index (χ1) is 14.4. The molecular formula is C21H20N4O4S. The van der Waals surface area contributed by atoms with Gasteiger partial charge in [-0.1, -0.05) is 0 Å². The highest BCUT2D eigenvalue weighted by atomic mass is 32.2. The molecule has 2 aromatic heterocycles. The first-order valence-electron chi connectivity index (χ1n) is 9.35. The Morgan fingerprint density at radius 3 is 2.43 bits per heavy atom. The number of fused-ring (bicyclic) bond motifs is 1. The highest BCUT2D eigenvalue weighted by molar-refractivity contribution is 7.91. The molecule has 0 atom stereocenters. The zero-order valence-corrected chi connectivity index (χ0v) is 17.3. The summed E-state index contributed by atoms with van der Waals surface area (Å²) in [7, 11) is -1.94. The molecule has 0 aliphatic heterocycles. The molecule has 2 aromatic carbocycles. The third-order valence-electron chi connectivity index (χ3n) is 4.66. The molecule has 8 nitrogen and oxygen atoms in total. The van der Waals surface area contributed by atoms with Gasteiger partial charge < -0.3 is 4.74 Å². The number of aryl methyl sites for hydroxylation is 1. The summed E-state index contributed by atoms with van der Waals surface area (Å²) in [6, 6.07) is 12.5. The normalized spacial score (nSPS) is 11.7. The Morgan fingerprint density at radius 1 is 1.03 bits per heavy atom. The van der Waals surface area contributed by atoms with E-state index in [1.54, 1.807) is 30.1 Å². The van der Waals surface area contributed by atoms with Gasteiger partial charge in [0, 0.05) is 18.6 Å². The van der Waals surface area contributed by atoms with Crippen molar-refractivity contribution in [2.75, 3.05) is 6.61 Å². The predicted octanol–water partition coefficient (Wildman–Crippen LogP) is 2.41. The van der Waals surface area contributed by atoms with E-state index in [2.05, 4.69) is 10.2 Å². The van der Waals surface area contributed by atoms with Crippen LogP contribution < -0.4 is 10.3 Å². The molecule has 4 rings (SSSR count). The van der Waals surface area contributed by atoms with E-state index in [4.69, 9.17) is 4.74 Å². The molecule has 0 saturated carbocycles. The Kier molecular flexibility index (Phi) is 5.13. The van der Waals surface area contributed by atoms with Crippen molar-refractivity contribution in [1.29, 1.82) is 0 Å². The van der Waals surface area contributed by atoms with Crippen LogP contribution >= 0.6 is 0 Å². The maximum absolute atomic E-state index is 13.0. The minimum absolute atomic E-state index is 0.0998. The fraction of sp³-hybridized carbons (Fsp3) is 0.190. The van der Waals surface area contributed by atoms with Crippen LogP contribution in [0.1, 0.15) is 12.6 Å². The summed E-state index contributed by atoms with van der Waals surface area (Å²) >= 11 is 0. The van der Waals surface area contributed by atoms with Crippen LogP contribution in [0.5, 0.6) is 5.75 Å². The number of sulfone groups is 1. The molecule has 0 radical (unpaired) electrons. The Bertz CT molecular complexity index is 1370. The van der Waals surface area contributed by atoms with E-state index < -0.39 is 9.84 Å². The van der Waals surface area contributed by atoms with Crippen molar-refractivity contribution in [1.82, 2.24) is 19.6 Å². The number of ether oxygens (including phenoxy) is 1. The van der Waals surface area contributed by atoms with E-state index in [0.29, 0.717) is 28.8 Å². The molecule has 0 amide bonds. The minimum atomic E-state index is -3.74. The zero-order chi connectivity index (χ0) is 21.3. The van der Waals surface area contributed by atoms with Crippen LogP contribution in [0, 0.1) is 0 Å². The number of rotatable bonds is 6. The number of aromatic nitrogens is 4. The quantitative estimate of drug-likeness (QED) is 0.472. The summed E-state index contributed by atoms with van der Waals surface area (Å²) < 4.78 is 34.3. The average molecular weight is 424 g/mol. The maximum atomic E-state index is 13.0. The second kappa shape index (κ2) is 7.75. The van der Waals surface area contributed by atoms with Crippen molar-refractivity contribution < 1.29 is 13.2 Å². The second-order valence-corrected chi connectivity index (χ2v) is 8.69. The van der Waals surface area contributed by atoms with Gasteiger partial charge in [0.2, 0.25) is 9.84 Å². The van der Waals surface area contributed by atoms with Crippen LogP contribution in [0.15, 0.2) is 75.5 Å². The van der Waals surface area contributed by atoms with Crippen molar-refractivity contribution in [2.45, 2.75) is 23.3 Å². The summed E-state index contributed by atoms with van der Waals surface area (Å²) in [6.45, 7) is 2.60. The summed E-state index contributed by atoms with van der Waals surface area (Å²) in [5.41, 5.74) is 0.407. The van der Waals surface area contributed by atoms with Crippen LogP contribution in [-0.2, 0) is 23.4 Å². The molecule has 0 N–H and O–H groups in total. The smallest absolute Gasteiger partial charge is 0.274 e. The van der Waals surface area contributed by atoms with Gasteiger partial charge in [0.1, 0.15) is 5.75 Å². The molecule has 154 valence electrons. The zero-order valence-electron chi connectivity index (χ0n) is 16.5. The van der Waals surface area contributed by atoms with Crippen LogP contribution in [-0.4, -0.2) is 34.6 Å². The van der Waals surface area contributed by atoms with E-state index in [-0.39, 0.29) is 21.9 Å². The first-order valence-corrected chi connectivity index (χ1v) is 10.8. The predicted molar refractivity (Wildman–Crippen MR) is 111 cm³/mol. The largest absolute Gasteiger partial charge is 0.494 e. The molecule has 0 fully saturated rings. The summed E-state index contributed by atoms with van der Waals surface area (Å²) in [6.07, 6.45) is 3.29. The van der Waals surface area contributed by atoms with Crippen molar-refractivity contribution in [3.8, 4) is 5.75 Å². The number of hydrogen-bond donors (Lipinski definition) is 0. The van der Waals surface area contributed by atoms with Crippen LogP contribution in [0.4, 0.5) is 0 Å². The van der Waals surface area contributed by atoms with Crippen molar-refractivity contribution in [3.63, 3.8) is 0 Å². The molecule has 0 aliphatic rings. The van der Waals surface area contributed by atoms with E-state index in [1.807, 2.05) is 13.0 Å². The van der Waals surface area contributed by atoms with E-state index in [9.17, 15) is 13.2 Å². The van der Waals surface area contributed by atoms with Crippen molar-refractivity contribution in [3.05, 3.63) is 77.0 Å². The Morgan fingerprint density at radius 2 is 1.77 bits per heavy atom. The molecule has 0 unspecified atom stereocenters. The first kappa shape index (κ1) is 19.8. The van der Waals surface area contributed by atoms with Crippen molar-refractivity contribution >= 4 is 20.6 Å². The van der Waals surface area contributed by atoms with Gasteiger partial charge in [0.15, 0.2) is 0 Å². The van der Waals surface area contributed by atoms with Gasteiger partial charge in [-0.25, -0.2) is 13.1 Å². The lowest BCUT2D eigenvalue weighted by atomic mass is 10.2. The van der Waals surface area contributed by atoms with E-state index >= 15 is 0 Å². The summed E-state index contributed by atoms with van der Waals surface area (Å²) in [5, 5.41) is 9.29. The third-order valence-corrected chi connectivity index (χ3v) is 6.43. The number of nitrogens with zero attached hydrogens (tertiary/aromatic N) is 4. The lowest BCUT2D eigenvalue weighted by molar-refractivity contribution is 0.340. The molecule has 0 bridgehead atoms. The van der Waals surface area contributed by atoms with Crippen LogP contribution in [0.2, 0.25) is 0 Å². The van der Waals surface area contributed by atoms with E-state index in [0.717, 1.165) is 0 Å². The summed E-state index contributed by atoms with van der Waals surface area (Å²) in [4.78, 5) is 13.0. The van der Waals surface area contributed by atoms with Gasteiger partial charge in [-0.2, -0.15) is 10.2 Å². The van der Waals surface area contributed by atoms with Crippen molar-refractivity contribution in [2.24, 2.45) is 7.05 Å². The van der Waals surface area contributed by atoms with Crippen LogP contribution in [0.25, 0.3) is 10.8 Å². The lowest BCUT2D eigenvalue weighted by Gasteiger charge is -2.09. The maximum Gasteiger partial charge on any atom is 0.274 e. The van der Waals surface area contributed by atoms with Gasteiger partial charge in [-0.15, -0.1) is 0 Å². The topological polar surface area (TPSA) is 96.1 Å². The van der Waals surface area contributed by atoms with Gasteiger partial charge in [-0.05, 0) is 55.5 Å². The van der Waals surface area contributed by atoms with E-state index in [1.165, 1.54) is 41.2 Å². The van der Waals surface area contributed by atoms with Gasteiger partial charge in [0.05, 0.1) is 40.2 Å². The molecular weight excluding hydrogens is 404 g/mol. The molecule has 9 heteroatoms. The minimum Gasteiger partial charge on any atom is -0.494 e. The highest BCUT2D eigenvalue weighted by Gasteiger charge is 2.19. The Balaban J connectivity index is 1.69. The molecule has 30 heavy (non-hydrogen) atoms. The number of benzene rings is 2. The van der Waals surface area contributed by atoms with Gasteiger partial charge >= 0.3 is 0 Å². The van der Waals surface area contributed by atoms with Gasteiger partial charge in [-0.3, -0.25) is 9.48 Å². The molecule has 4 aromatic rings. The molecule has 0 spiro atoms. The third kappa shape index (κ3) is 3.71. The lowest BCUT2D eigenvalue weighted by Crippen LogP contribution is -2.23. The Labute approximate surface area is 173 Å². The fourth-order valence-corrected chi connectivity index (χ4v) is 4.46. The second-order valence-electron chi connectivity index (χ2n) is 6.75. The van der Waals surface area contributed by atoms with Gasteiger partial charge in [0.25, 0.3) is 5.56 Å². The monoisotopic (exact) mass is 424 g/mol. The summed E-state index contributed by atoms with van der Waals surface area (Å²) in [5.74, 6) is 0.604. The highest BCUT2D eigenvalue weighted by Crippen LogP contribution is 2.25. The standard InChI is InChI=1S/C21H20N4O4S/c1-3-29-17-4-6-18(7-5-17)30(27,28)19-8-9-20-15(12-19)13-22-25(21(20)26)14-16-10-11-24(2)23-16/h4-13H,3,14H2,1-2H3. The molecule has 0 saturated heterocycles. The number of hydrogen-bond acceptors (Lipinski definition) is 6.